The normalized spacial score (nSPS) is 19.9. The number of cyclic esters (lactones) is 1. The van der Waals surface area contributed by atoms with Crippen LogP contribution in [0.3, 0.4) is 0 Å². The molecule has 2 aliphatic rings. The van der Waals surface area contributed by atoms with E-state index < -0.39 is 0 Å². The van der Waals surface area contributed by atoms with E-state index >= 15 is 0 Å². The number of nitrogens with one attached hydrogen (secondary N) is 1. The number of esters is 1. The summed E-state index contributed by atoms with van der Waals surface area (Å²) in [6.45, 7) is 5.32. The fourth-order valence-corrected chi connectivity index (χ4v) is 4.89. The third kappa shape index (κ3) is 5.00. The summed E-state index contributed by atoms with van der Waals surface area (Å²) in [6, 6.07) is 8.53. The number of rotatable bonds is 8. The van der Waals surface area contributed by atoms with Crippen molar-refractivity contribution in [1.29, 1.82) is 0 Å². The van der Waals surface area contributed by atoms with Crippen LogP contribution in [0.5, 0.6) is 11.5 Å². The van der Waals surface area contributed by atoms with Crippen LogP contribution in [0.25, 0.3) is 10.9 Å². The molecule has 2 aliphatic heterocycles. The minimum Gasteiger partial charge on any atom is -0.493 e. The molecule has 1 aromatic heterocycles. The number of hydrogen-bond acceptors (Lipinski definition) is 8. The molecule has 1 N–H and O–H groups in total. The lowest BCUT2D eigenvalue weighted by atomic mass is 9.91. The third-order valence-corrected chi connectivity index (χ3v) is 6.77. The molecular weight excluding hydrogens is 451 g/mol. The first-order valence-corrected chi connectivity index (χ1v) is 11.9. The zero-order valence-corrected chi connectivity index (χ0v) is 19.9. The Hall–Kier alpha value is -3.46. The Morgan fingerprint density at radius 2 is 2.09 bits per heavy atom. The number of benzene rings is 2. The van der Waals surface area contributed by atoms with Gasteiger partial charge in [0.05, 0.1) is 31.8 Å². The molecule has 0 spiro atoms. The quantitative estimate of drug-likeness (QED) is 0.381. The van der Waals surface area contributed by atoms with Gasteiger partial charge in [0.1, 0.15) is 18.0 Å². The Balaban J connectivity index is 1.26. The van der Waals surface area contributed by atoms with Crippen molar-refractivity contribution in [3.05, 3.63) is 48.0 Å². The number of nitrogens with zero attached hydrogens (tertiary/aromatic N) is 3. The van der Waals surface area contributed by atoms with Gasteiger partial charge in [-0.1, -0.05) is 0 Å². The molecule has 0 amide bonds. The standard InChI is InChI=1S/C26H29FN4O4/c1-16-10-18(4-5-21(16)27)30-25-19-11-24(23(33-2)12-22(19)28-15-29-25)34-8-3-7-31-13-17-6-9-35-26(32)20(17)14-31/h4-5,10-12,15,17,20H,3,6-9,13-14H2,1-2H3,(H,28,29,30). The van der Waals surface area contributed by atoms with Crippen molar-refractivity contribution in [3.63, 3.8) is 0 Å². The zero-order valence-electron chi connectivity index (χ0n) is 19.9. The van der Waals surface area contributed by atoms with Gasteiger partial charge in [-0.3, -0.25) is 4.79 Å². The summed E-state index contributed by atoms with van der Waals surface area (Å²) in [5.74, 6) is 1.91. The van der Waals surface area contributed by atoms with E-state index in [1.165, 1.54) is 12.4 Å². The van der Waals surface area contributed by atoms with E-state index in [2.05, 4.69) is 20.2 Å². The van der Waals surface area contributed by atoms with Crippen molar-refractivity contribution in [1.82, 2.24) is 14.9 Å². The topological polar surface area (TPSA) is 85.8 Å². The molecule has 0 saturated carbocycles. The second kappa shape index (κ2) is 10.0. The number of aryl methyl sites for hydroxylation is 1. The third-order valence-electron chi connectivity index (χ3n) is 6.77. The van der Waals surface area contributed by atoms with Crippen LogP contribution in [-0.2, 0) is 9.53 Å². The van der Waals surface area contributed by atoms with E-state index in [4.69, 9.17) is 14.2 Å². The lowest BCUT2D eigenvalue weighted by Crippen LogP contribution is -2.31. The van der Waals surface area contributed by atoms with Gasteiger partial charge in [-0.05, 0) is 55.5 Å². The first-order chi connectivity index (χ1) is 17.0. The van der Waals surface area contributed by atoms with Gasteiger partial charge >= 0.3 is 5.97 Å². The van der Waals surface area contributed by atoms with E-state index in [0.717, 1.165) is 43.5 Å². The summed E-state index contributed by atoms with van der Waals surface area (Å²) < 4.78 is 30.5. The van der Waals surface area contributed by atoms with Gasteiger partial charge in [0.2, 0.25) is 0 Å². The second-order valence-electron chi connectivity index (χ2n) is 9.12. The van der Waals surface area contributed by atoms with Crippen molar-refractivity contribution in [2.45, 2.75) is 19.8 Å². The molecule has 184 valence electrons. The van der Waals surface area contributed by atoms with Crippen LogP contribution < -0.4 is 14.8 Å². The van der Waals surface area contributed by atoms with Crippen LogP contribution >= 0.6 is 0 Å². The summed E-state index contributed by atoms with van der Waals surface area (Å²) in [5, 5.41) is 4.02. The van der Waals surface area contributed by atoms with Crippen LogP contribution in [0, 0.1) is 24.6 Å². The molecule has 2 aromatic carbocycles. The van der Waals surface area contributed by atoms with Crippen molar-refractivity contribution in [2.24, 2.45) is 11.8 Å². The van der Waals surface area contributed by atoms with Crippen molar-refractivity contribution < 1.29 is 23.4 Å². The molecule has 5 rings (SSSR count). The summed E-state index contributed by atoms with van der Waals surface area (Å²) in [5.41, 5.74) is 1.99. The smallest absolute Gasteiger partial charge is 0.310 e. The Kier molecular flexibility index (Phi) is 6.68. The van der Waals surface area contributed by atoms with Crippen molar-refractivity contribution in [2.75, 3.05) is 45.3 Å². The van der Waals surface area contributed by atoms with E-state index in [-0.39, 0.29) is 17.7 Å². The number of carbonyl (C=O) groups excluding carboxylic acids is 1. The summed E-state index contributed by atoms with van der Waals surface area (Å²) in [4.78, 5) is 23.0. The molecule has 2 fully saturated rings. The highest BCUT2D eigenvalue weighted by Crippen LogP contribution is 2.35. The van der Waals surface area contributed by atoms with Gasteiger partial charge in [-0.15, -0.1) is 0 Å². The minimum atomic E-state index is -0.254. The lowest BCUT2D eigenvalue weighted by Gasteiger charge is -2.22. The second-order valence-corrected chi connectivity index (χ2v) is 9.12. The maximum Gasteiger partial charge on any atom is 0.310 e. The number of methoxy groups -OCH3 is 1. The van der Waals surface area contributed by atoms with Gasteiger partial charge in [0.15, 0.2) is 11.5 Å². The van der Waals surface area contributed by atoms with E-state index in [9.17, 15) is 9.18 Å². The number of fused-ring (bicyclic) bond motifs is 2. The van der Waals surface area contributed by atoms with Crippen molar-refractivity contribution >= 4 is 28.4 Å². The summed E-state index contributed by atoms with van der Waals surface area (Å²) in [6.07, 6.45) is 3.25. The molecular formula is C26H29FN4O4. The number of halogens is 1. The molecule has 0 radical (unpaired) electrons. The van der Waals surface area contributed by atoms with Crippen LogP contribution in [0.2, 0.25) is 0 Å². The Morgan fingerprint density at radius 3 is 2.89 bits per heavy atom. The molecule has 3 aromatic rings. The highest BCUT2D eigenvalue weighted by molar-refractivity contribution is 5.93. The molecule has 2 atom stereocenters. The van der Waals surface area contributed by atoms with Gasteiger partial charge in [-0.25, -0.2) is 14.4 Å². The van der Waals surface area contributed by atoms with Gasteiger partial charge in [0, 0.05) is 36.8 Å². The lowest BCUT2D eigenvalue weighted by molar-refractivity contribution is -0.154. The van der Waals surface area contributed by atoms with Gasteiger partial charge in [0.25, 0.3) is 0 Å². The molecule has 8 nitrogen and oxygen atoms in total. The Morgan fingerprint density at radius 1 is 1.20 bits per heavy atom. The fourth-order valence-electron chi connectivity index (χ4n) is 4.89. The van der Waals surface area contributed by atoms with Crippen LogP contribution in [0.15, 0.2) is 36.7 Å². The SMILES string of the molecule is COc1cc2ncnc(Nc3ccc(F)c(C)c3)c2cc1OCCCN1CC2CCOC(=O)C2C1. The molecule has 2 saturated heterocycles. The van der Waals surface area contributed by atoms with E-state index in [1.807, 2.05) is 12.1 Å². The Labute approximate surface area is 203 Å². The van der Waals surface area contributed by atoms with Crippen LogP contribution in [0.1, 0.15) is 18.4 Å². The average molecular weight is 481 g/mol. The highest BCUT2D eigenvalue weighted by atomic mass is 19.1. The number of aromatic nitrogens is 2. The monoisotopic (exact) mass is 480 g/mol. The number of ether oxygens (including phenoxy) is 3. The van der Waals surface area contributed by atoms with Gasteiger partial charge < -0.3 is 24.4 Å². The number of likely N-dealkylation sites (tertiary alicyclic amines) is 1. The van der Waals surface area contributed by atoms with E-state index in [0.29, 0.717) is 47.5 Å². The highest BCUT2D eigenvalue weighted by Gasteiger charge is 2.40. The molecule has 2 unspecified atom stereocenters. The average Bonchev–Trinajstić information content (AvgIpc) is 3.28. The molecule has 9 heteroatoms. The summed E-state index contributed by atoms with van der Waals surface area (Å²) in [7, 11) is 1.60. The largest absolute Gasteiger partial charge is 0.493 e. The summed E-state index contributed by atoms with van der Waals surface area (Å²) >= 11 is 0. The van der Waals surface area contributed by atoms with Crippen LogP contribution in [-0.4, -0.2) is 60.8 Å². The van der Waals surface area contributed by atoms with E-state index in [1.54, 1.807) is 26.2 Å². The van der Waals surface area contributed by atoms with Gasteiger partial charge in [-0.2, -0.15) is 0 Å². The first-order valence-electron chi connectivity index (χ1n) is 11.9. The molecule has 3 heterocycles. The maximum atomic E-state index is 13.7. The number of hydrogen-bond donors (Lipinski definition) is 1. The first kappa shape index (κ1) is 23.3. The van der Waals surface area contributed by atoms with Crippen molar-refractivity contribution in [3.8, 4) is 11.5 Å². The molecule has 0 bridgehead atoms. The predicted octanol–water partition coefficient (Wildman–Crippen LogP) is 4.09. The maximum absolute atomic E-state index is 13.7. The minimum absolute atomic E-state index is 0.0149. The zero-order chi connectivity index (χ0) is 24.4. The molecule has 0 aliphatic carbocycles. The fraction of sp³-hybridized carbons (Fsp3) is 0.423. The number of anilines is 2. The predicted molar refractivity (Wildman–Crippen MR) is 130 cm³/mol. The number of carbonyl (C=O) groups is 1. The van der Waals surface area contributed by atoms with Crippen LogP contribution in [0.4, 0.5) is 15.9 Å². The Bertz CT molecular complexity index is 1240. The molecule has 35 heavy (non-hydrogen) atoms.